The molecule has 0 radical (unpaired) electrons. The lowest BCUT2D eigenvalue weighted by molar-refractivity contribution is -0.142. The van der Waals surface area contributed by atoms with Gasteiger partial charge in [-0.1, -0.05) is 28.1 Å². The Morgan fingerprint density at radius 1 is 1.19 bits per heavy atom. The van der Waals surface area contributed by atoms with Crippen molar-refractivity contribution >= 4 is 27.8 Å². The highest BCUT2D eigenvalue weighted by molar-refractivity contribution is 9.10. The van der Waals surface area contributed by atoms with Crippen LogP contribution in [0, 0.1) is 0 Å². The van der Waals surface area contributed by atoms with Gasteiger partial charge < -0.3 is 19.9 Å². The first-order valence-corrected chi connectivity index (χ1v) is 10.6. The Morgan fingerprint density at radius 3 is 2.52 bits per heavy atom. The molecule has 7 heteroatoms. The van der Waals surface area contributed by atoms with Crippen molar-refractivity contribution in [2.24, 2.45) is 4.99 Å². The largest absolute Gasteiger partial charge is 0.368 e. The van der Waals surface area contributed by atoms with Gasteiger partial charge in [-0.2, -0.15) is 0 Å². The fourth-order valence-electron chi connectivity index (χ4n) is 4.01. The number of carbonyl (C=O) groups excluding carboxylic acids is 1. The maximum absolute atomic E-state index is 12.5. The Morgan fingerprint density at radius 2 is 1.89 bits per heavy atom. The Balaban J connectivity index is 1.27. The summed E-state index contributed by atoms with van der Waals surface area (Å²) in [4.78, 5) is 21.2. The molecule has 27 heavy (non-hydrogen) atoms. The van der Waals surface area contributed by atoms with Crippen LogP contribution in [0.4, 0.5) is 0 Å². The van der Waals surface area contributed by atoms with Gasteiger partial charge >= 0.3 is 0 Å². The minimum Gasteiger partial charge on any atom is -0.368 e. The minimum absolute atomic E-state index is 0.160. The van der Waals surface area contributed by atoms with Crippen molar-refractivity contribution in [2.75, 3.05) is 39.8 Å². The molecule has 2 aliphatic heterocycles. The maximum atomic E-state index is 12.5. The van der Waals surface area contributed by atoms with Crippen LogP contribution >= 0.6 is 15.9 Å². The summed E-state index contributed by atoms with van der Waals surface area (Å²) in [5, 5.41) is 3.61. The molecule has 2 heterocycles. The number of halogens is 1. The number of guanidine groups is 1. The van der Waals surface area contributed by atoms with Gasteiger partial charge in [-0.25, -0.2) is 0 Å². The highest BCUT2D eigenvalue weighted by atomic mass is 79.9. The number of piperazine rings is 1. The summed E-state index contributed by atoms with van der Waals surface area (Å²) in [7, 11) is 1.84. The molecule has 3 atom stereocenters. The van der Waals surface area contributed by atoms with Gasteiger partial charge in [-0.3, -0.25) is 9.79 Å². The highest BCUT2D eigenvalue weighted by Crippen LogP contribution is 2.41. The third-order valence-corrected chi connectivity index (χ3v) is 6.24. The van der Waals surface area contributed by atoms with Gasteiger partial charge in [-0.15, -0.1) is 0 Å². The first-order valence-electron chi connectivity index (χ1n) is 9.80. The van der Waals surface area contributed by atoms with Crippen LogP contribution in [0.1, 0.15) is 30.7 Å². The number of hydrogen-bond acceptors (Lipinski definition) is 3. The van der Waals surface area contributed by atoms with Crippen molar-refractivity contribution in [3.05, 3.63) is 34.3 Å². The average molecular weight is 435 g/mol. The molecule has 1 aromatic carbocycles. The molecule has 1 amide bonds. The van der Waals surface area contributed by atoms with E-state index in [4.69, 9.17) is 4.74 Å². The number of aliphatic imine (C=N–C) groups is 1. The second-order valence-electron chi connectivity index (χ2n) is 7.51. The van der Waals surface area contributed by atoms with Crippen molar-refractivity contribution in [3.63, 3.8) is 0 Å². The quantitative estimate of drug-likeness (QED) is 0.585. The Kier molecular flexibility index (Phi) is 5.68. The molecule has 146 valence electrons. The summed E-state index contributed by atoms with van der Waals surface area (Å²) >= 11 is 3.49. The molecule has 4 rings (SSSR count). The van der Waals surface area contributed by atoms with Crippen LogP contribution in [0.15, 0.2) is 33.7 Å². The molecule has 1 aliphatic carbocycles. The second kappa shape index (κ2) is 8.19. The van der Waals surface area contributed by atoms with E-state index in [9.17, 15) is 4.79 Å². The number of nitrogens with one attached hydrogen (secondary N) is 1. The second-order valence-corrected chi connectivity index (χ2v) is 8.42. The summed E-state index contributed by atoms with van der Waals surface area (Å²) in [5.41, 5.74) is 1.37. The molecule has 1 saturated carbocycles. The van der Waals surface area contributed by atoms with Gasteiger partial charge in [0.15, 0.2) is 5.96 Å². The number of carbonyl (C=O) groups is 1. The van der Waals surface area contributed by atoms with Crippen molar-refractivity contribution in [1.82, 2.24) is 15.1 Å². The molecule has 6 nitrogen and oxygen atoms in total. The van der Waals surface area contributed by atoms with Gasteiger partial charge in [0.1, 0.15) is 6.10 Å². The van der Waals surface area contributed by atoms with Crippen molar-refractivity contribution < 1.29 is 9.53 Å². The number of hydrogen-bond donors (Lipinski definition) is 1. The van der Waals surface area contributed by atoms with Crippen LogP contribution in [0.25, 0.3) is 0 Å². The van der Waals surface area contributed by atoms with Crippen LogP contribution in [0.3, 0.4) is 0 Å². The Labute approximate surface area is 169 Å². The molecular weight excluding hydrogens is 408 g/mol. The standard InChI is InChI=1S/C20H27BrN4O2/c1-22-20(23-17-13-16(17)14-4-6-15(21)7-5-14)25-10-8-24(9-11-25)19(26)18-3-2-12-27-18/h4-7,16-18H,2-3,8-13H2,1H3,(H,22,23). The maximum Gasteiger partial charge on any atom is 0.251 e. The van der Waals surface area contributed by atoms with E-state index in [1.165, 1.54) is 5.56 Å². The number of rotatable bonds is 3. The summed E-state index contributed by atoms with van der Waals surface area (Å²) in [5.74, 6) is 1.66. The lowest BCUT2D eigenvalue weighted by Gasteiger charge is -2.37. The van der Waals surface area contributed by atoms with Gasteiger partial charge in [0, 0.05) is 56.3 Å². The van der Waals surface area contributed by atoms with Gasteiger partial charge in [0.25, 0.3) is 5.91 Å². The topological polar surface area (TPSA) is 57.2 Å². The molecule has 2 saturated heterocycles. The molecular formula is C20H27BrN4O2. The number of nitrogens with zero attached hydrogens (tertiary/aromatic N) is 3. The SMILES string of the molecule is CN=C(NC1CC1c1ccc(Br)cc1)N1CCN(C(=O)C2CCCO2)CC1. The van der Waals surface area contributed by atoms with Gasteiger partial charge in [-0.05, 0) is 37.0 Å². The van der Waals surface area contributed by atoms with Crippen LogP contribution in [0.2, 0.25) is 0 Å². The predicted molar refractivity (Wildman–Crippen MR) is 109 cm³/mol. The zero-order chi connectivity index (χ0) is 18.8. The summed E-state index contributed by atoms with van der Waals surface area (Å²) in [6.07, 6.45) is 2.78. The van der Waals surface area contributed by atoms with E-state index in [0.29, 0.717) is 18.6 Å². The summed E-state index contributed by atoms with van der Waals surface area (Å²) in [6.45, 7) is 3.82. The summed E-state index contributed by atoms with van der Waals surface area (Å²) in [6, 6.07) is 9.02. The zero-order valence-corrected chi connectivity index (χ0v) is 17.3. The molecule has 3 aliphatic rings. The van der Waals surface area contributed by atoms with Crippen LogP contribution < -0.4 is 5.32 Å². The van der Waals surface area contributed by atoms with E-state index in [0.717, 1.165) is 55.9 Å². The summed E-state index contributed by atoms with van der Waals surface area (Å²) < 4.78 is 6.66. The molecule has 1 aromatic rings. The fourth-order valence-corrected chi connectivity index (χ4v) is 4.27. The average Bonchev–Trinajstić information content (AvgIpc) is 3.24. The minimum atomic E-state index is -0.216. The van der Waals surface area contributed by atoms with Crippen LogP contribution in [-0.2, 0) is 9.53 Å². The fraction of sp³-hybridized carbons (Fsp3) is 0.600. The Bertz CT molecular complexity index is 694. The third kappa shape index (κ3) is 4.29. The first kappa shape index (κ1) is 18.7. The lowest BCUT2D eigenvalue weighted by atomic mass is 10.1. The van der Waals surface area contributed by atoms with Crippen molar-refractivity contribution in [1.29, 1.82) is 0 Å². The van der Waals surface area contributed by atoms with E-state index in [2.05, 4.69) is 55.4 Å². The van der Waals surface area contributed by atoms with Gasteiger partial charge in [0.05, 0.1) is 0 Å². The van der Waals surface area contributed by atoms with Crippen LogP contribution in [-0.4, -0.2) is 73.6 Å². The van der Waals surface area contributed by atoms with E-state index in [1.807, 2.05) is 11.9 Å². The number of ether oxygens (including phenoxy) is 1. The lowest BCUT2D eigenvalue weighted by Crippen LogP contribution is -2.55. The zero-order valence-electron chi connectivity index (χ0n) is 15.7. The number of benzene rings is 1. The van der Waals surface area contributed by atoms with E-state index >= 15 is 0 Å². The van der Waals surface area contributed by atoms with E-state index < -0.39 is 0 Å². The predicted octanol–water partition coefficient (Wildman–Crippen LogP) is 2.20. The smallest absolute Gasteiger partial charge is 0.251 e. The third-order valence-electron chi connectivity index (χ3n) is 5.71. The molecule has 0 spiro atoms. The first-order chi connectivity index (χ1) is 13.2. The van der Waals surface area contributed by atoms with Crippen molar-refractivity contribution in [3.8, 4) is 0 Å². The van der Waals surface area contributed by atoms with Gasteiger partial charge in [0.2, 0.25) is 0 Å². The van der Waals surface area contributed by atoms with E-state index in [1.54, 1.807) is 0 Å². The van der Waals surface area contributed by atoms with E-state index in [-0.39, 0.29) is 12.0 Å². The molecule has 3 unspecified atom stereocenters. The molecule has 1 N–H and O–H groups in total. The molecule has 0 aromatic heterocycles. The number of amides is 1. The normalized spacial score (nSPS) is 28.4. The molecule has 3 fully saturated rings. The van der Waals surface area contributed by atoms with Crippen molar-refractivity contribution in [2.45, 2.75) is 37.3 Å². The Hall–Kier alpha value is -1.60. The monoisotopic (exact) mass is 434 g/mol. The molecule has 0 bridgehead atoms. The van der Waals surface area contributed by atoms with Crippen LogP contribution in [0.5, 0.6) is 0 Å². The highest BCUT2D eigenvalue weighted by Gasteiger charge is 2.40.